The van der Waals surface area contributed by atoms with E-state index in [1.54, 1.807) is 12.1 Å². The Morgan fingerprint density at radius 1 is 1.17 bits per heavy atom. The van der Waals surface area contributed by atoms with Gasteiger partial charge in [-0.15, -0.1) is 0 Å². The lowest BCUT2D eigenvalue weighted by atomic mass is 10.0. The van der Waals surface area contributed by atoms with Crippen molar-refractivity contribution in [2.75, 3.05) is 19.8 Å². The second kappa shape index (κ2) is 9.99. The fraction of sp³-hybridized carbons (Fsp3) is 0.429. The van der Waals surface area contributed by atoms with Crippen molar-refractivity contribution in [2.45, 2.75) is 32.2 Å². The Balaban J connectivity index is 1.46. The van der Waals surface area contributed by atoms with Gasteiger partial charge in [-0.05, 0) is 42.5 Å². The molecule has 2 heterocycles. The fourth-order valence-corrected chi connectivity index (χ4v) is 3.04. The number of benzene rings is 1. The molecule has 0 bridgehead atoms. The standard InChI is InChI=1S/C21H22F4N2O3/c22-18-9-17(21(23,24)25)3-2-16(18)13-30-12-15-1-4-19(26-11-15)20(28)27-10-14-5-7-29-8-6-14/h1-4,9,11,14H,5-8,10,12-13H2,(H,27,28). The molecule has 1 aromatic heterocycles. The number of aromatic nitrogens is 1. The molecule has 2 aromatic rings. The molecule has 1 saturated heterocycles. The average molecular weight is 426 g/mol. The quantitative estimate of drug-likeness (QED) is 0.677. The van der Waals surface area contributed by atoms with E-state index in [9.17, 15) is 22.4 Å². The highest BCUT2D eigenvalue weighted by atomic mass is 19.4. The molecular weight excluding hydrogens is 404 g/mol. The van der Waals surface area contributed by atoms with Crippen LogP contribution in [0.4, 0.5) is 17.6 Å². The van der Waals surface area contributed by atoms with E-state index >= 15 is 0 Å². The number of nitrogens with one attached hydrogen (secondary N) is 1. The summed E-state index contributed by atoms with van der Waals surface area (Å²) in [5, 5.41) is 2.86. The summed E-state index contributed by atoms with van der Waals surface area (Å²) < 4.78 is 62.2. The molecule has 1 amide bonds. The molecule has 0 atom stereocenters. The first-order valence-corrected chi connectivity index (χ1v) is 9.57. The largest absolute Gasteiger partial charge is 0.416 e. The Morgan fingerprint density at radius 2 is 1.93 bits per heavy atom. The first kappa shape index (κ1) is 22.2. The fourth-order valence-electron chi connectivity index (χ4n) is 3.04. The third-order valence-corrected chi connectivity index (χ3v) is 4.86. The predicted molar refractivity (Wildman–Crippen MR) is 100 cm³/mol. The number of hydrogen-bond acceptors (Lipinski definition) is 4. The van der Waals surface area contributed by atoms with Crippen molar-refractivity contribution in [1.82, 2.24) is 10.3 Å². The molecule has 9 heteroatoms. The SMILES string of the molecule is O=C(NCC1CCOCC1)c1ccc(COCc2ccc(C(F)(F)F)cc2F)cn1. The number of carbonyl (C=O) groups is 1. The maximum atomic E-state index is 13.8. The van der Waals surface area contributed by atoms with Gasteiger partial charge < -0.3 is 14.8 Å². The van der Waals surface area contributed by atoms with E-state index in [0.29, 0.717) is 37.3 Å². The molecule has 0 radical (unpaired) electrons. The summed E-state index contributed by atoms with van der Waals surface area (Å²) in [6, 6.07) is 5.56. The summed E-state index contributed by atoms with van der Waals surface area (Å²) in [5.41, 5.74) is -0.0819. The van der Waals surface area contributed by atoms with Crippen molar-refractivity contribution in [3.8, 4) is 0 Å². The number of alkyl halides is 3. The number of nitrogens with zero attached hydrogens (tertiary/aromatic N) is 1. The number of hydrogen-bond donors (Lipinski definition) is 1. The minimum atomic E-state index is -4.59. The number of ether oxygens (including phenoxy) is 2. The molecule has 1 aromatic carbocycles. The minimum absolute atomic E-state index is 0.0278. The molecule has 162 valence electrons. The monoisotopic (exact) mass is 426 g/mol. The van der Waals surface area contributed by atoms with Crippen LogP contribution in [0.5, 0.6) is 0 Å². The zero-order valence-electron chi connectivity index (χ0n) is 16.2. The molecule has 0 spiro atoms. The second-order valence-corrected chi connectivity index (χ2v) is 7.11. The van der Waals surface area contributed by atoms with Crippen LogP contribution in [0.1, 0.15) is 40.0 Å². The number of rotatable bonds is 7. The Bertz CT molecular complexity index is 850. The van der Waals surface area contributed by atoms with Crippen molar-refractivity contribution in [2.24, 2.45) is 5.92 Å². The van der Waals surface area contributed by atoms with Gasteiger partial charge in [0.05, 0.1) is 18.8 Å². The van der Waals surface area contributed by atoms with Crippen molar-refractivity contribution in [1.29, 1.82) is 0 Å². The molecule has 1 fully saturated rings. The maximum Gasteiger partial charge on any atom is 0.416 e. The number of amides is 1. The second-order valence-electron chi connectivity index (χ2n) is 7.11. The lowest BCUT2D eigenvalue weighted by Gasteiger charge is -2.22. The minimum Gasteiger partial charge on any atom is -0.381 e. The van der Waals surface area contributed by atoms with Crippen LogP contribution in [0.2, 0.25) is 0 Å². The van der Waals surface area contributed by atoms with Crippen LogP contribution in [0.25, 0.3) is 0 Å². The number of halogens is 4. The highest BCUT2D eigenvalue weighted by Crippen LogP contribution is 2.30. The Morgan fingerprint density at radius 3 is 2.57 bits per heavy atom. The number of carbonyl (C=O) groups excluding carboxylic acids is 1. The van der Waals surface area contributed by atoms with Crippen molar-refractivity contribution >= 4 is 5.91 Å². The highest BCUT2D eigenvalue weighted by molar-refractivity contribution is 5.92. The third-order valence-electron chi connectivity index (χ3n) is 4.86. The zero-order chi connectivity index (χ0) is 21.6. The van der Waals surface area contributed by atoms with Gasteiger partial charge in [-0.25, -0.2) is 4.39 Å². The number of pyridine rings is 1. The Labute approximate surface area is 171 Å². The van der Waals surface area contributed by atoms with Crippen LogP contribution < -0.4 is 5.32 Å². The smallest absolute Gasteiger partial charge is 0.381 e. The molecule has 30 heavy (non-hydrogen) atoms. The van der Waals surface area contributed by atoms with Crippen LogP contribution in [-0.4, -0.2) is 30.6 Å². The van der Waals surface area contributed by atoms with Crippen LogP contribution >= 0.6 is 0 Å². The van der Waals surface area contributed by atoms with Gasteiger partial charge in [0.1, 0.15) is 11.5 Å². The van der Waals surface area contributed by atoms with Crippen molar-refractivity contribution in [3.05, 3.63) is 64.7 Å². The summed E-state index contributed by atoms with van der Waals surface area (Å²) in [7, 11) is 0. The average Bonchev–Trinajstić information content (AvgIpc) is 2.73. The van der Waals surface area contributed by atoms with Crippen LogP contribution in [0, 0.1) is 11.7 Å². The maximum absolute atomic E-state index is 13.8. The van der Waals surface area contributed by atoms with Crippen molar-refractivity contribution < 1.29 is 31.8 Å². The molecule has 0 saturated carbocycles. The molecule has 1 aliphatic rings. The van der Waals surface area contributed by atoms with Gasteiger partial charge in [0.25, 0.3) is 5.91 Å². The van der Waals surface area contributed by atoms with Gasteiger partial charge in [-0.1, -0.05) is 12.1 Å². The normalized spacial score (nSPS) is 15.2. The zero-order valence-corrected chi connectivity index (χ0v) is 16.2. The first-order valence-electron chi connectivity index (χ1n) is 9.57. The van der Waals surface area contributed by atoms with Crippen LogP contribution in [0.3, 0.4) is 0 Å². The molecule has 5 nitrogen and oxygen atoms in total. The third kappa shape index (κ3) is 6.24. The molecule has 1 N–H and O–H groups in total. The lowest BCUT2D eigenvalue weighted by molar-refractivity contribution is -0.137. The van der Waals surface area contributed by atoms with E-state index in [1.165, 1.54) is 6.20 Å². The molecule has 3 rings (SSSR count). The van der Waals surface area contributed by atoms with Gasteiger partial charge in [-0.2, -0.15) is 13.2 Å². The lowest BCUT2D eigenvalue weighted by Crippen LogP contribution is -2.32. The summed E-state index contributed by atoms with van der Waals surface area (Å²) in [5.74, 6) is -0.832. The molecular formula is C21H22F4N2O3. The van der Waals surface area contributed by atoms with Crippen LogP contribution in [0.15, 0.2) is 36.5 Å². The Kier molecular flexibility index (Phi) is 7.38. The van der Waals surface area contributed by atoms with Gasteiger partial charge in [0, 0.05) is 31.5 Å². The summed E-state index contributed by atoms with van der Waals surface area (Å²) in [6.07, 6.45) is -1.27. The van der Waals surface area contributed by atoms with E-state index in [4.69, 9.17) is 9.47 Å². The molecule has 0 aliphatic carbocycles. The summed E-state index contributed by atoms with van der Waals surface area (Å²) in [4.78, 5) is 16.3. The van der Waals surface area contributed by atoms with Crippen molar-refractivity contribution in [3.63, 3.8) is 0 Å². The topological polar surface area (TPSA) is 60.5 Å². The van der Waals surface area contributed by atoms with E-state index in [2.05, 4.69) is 10.3 Å². The summed E-state index contributed by atoms with van der Waals surface area (Å²) in [6.45, 7) is 1.90. The summed E-state index contributed by atoms with van der Waals surface area (Å²) >= 11 is 0. The van der Waals surface area contributed by atoms with E-state index in [-0.39, 0.29) is 30.4 Å². The molecule has 1 aliphatic heterocycles. The van der Waals surface area contributed by atoms with E-state index in [1.807, 2.05) is 0 Å². The highest BCUT2D eigenvalue weighted by Gasteiger charge is 2.31. The van der Waals surface area contributed by atoms with Gasteiger partial charge in [0.2, 0.25) is 0 Å². The van der Waals surface area contributed by atoms with Crippen LogP contribution in [-0.2, 0) is 28.9 Å². The Hall–Kier alpha value is -2.52. The first-order chi connectivity index (χ1) is 14.3. The van der Waals surface area contributed by atoms with Gasteiger partial charge >= 0.3 is 6.18 Å². The van der Waals surface area contributed by atoms with E-state index < -0.39 is 17.6 Å². The molecule has 0 unspecified atom stereocenters. The van der Waals surface area contributed by atoms with Gasteiger partial charge in [0.15, 0.2) is 0 Å². The van der Waals surface area contributed by atoms with E-state index in [0.717, 1.165) is 25.0 Å². The van der Waals surface area contributed by atoms with Gasteiger partial charge in [-0.3, -0.25) is 9.78 Å². The predicted octanol–water partition coefficient (Wildman–Crippen LogP) is 4.11.